The lowest BCUT2D eigenvalue weighted by Crippen LogP contribution is -1.93. The second-order valence-electron chi connectivity index (χ2n) is 4.01. The fraction of sp³-hybridized carbons (Fsp3) is 0. The lowest BCUT2D eigenvalue weighted by atomic mass is 10.2. The number of carboxylic acid groups (broad SMARTS) is 1. The van der Waals surface area contributed by atoms with Crippen molar-refractivity contribution < 1.29 is 23.4 Å². The molecule has 0 fully saturated rings. The maximum atomic E-state index is 13.8. The number of benzene rings is 2. The van der Waals surface area contributed by atoms with Crippen molar-refractivity contribution in [3.05, 3.63) is 64.7 Å². The Morgan fingerprint density at radius 1 is 1.19 bits per heavy atom. The summed E-state index contributed by atoms with van der Waals surface area (Å²) in [6.07, 6.45) is 1.99. The van der Waals surface area contributed by atoms with E-state index in [0.29, 0.717) is 0 Å². The zero-order valence-electron chi connectivity index (χ0n) is 10.5. The average molecular weight is 311 g/mol. The van der Waals surface area contributed by atoms with E-state index in [9.17, 15) is 13.6 Å². The fourth-order valence-electron chi connectivity index (χ4n) is 1.58. The van der Waals surface area contributed by atoms with E-state index in [0.717, 1.165) is 24.3 Å². The van der Waals surface area contributed by atoms with Crippen molar-refractivity contribution in [1.29, 1.82) is 0 Å². The van der Waals surface area contributed by atoms with Crippen LogP contribution in [0.15, 0.2) is 42.5 Å². The highest BCUT2D eigenvalue weighted by atomic mass is 35.5. The van der Waals surface area contributed by atoms with Crippen LogP contribution in [0.1, 0.15) is 5.56 Å². The minimum atomic E-state index is -1.20. The normalized spacial score (nSPS) is 10.8. The predicted molar refractivity (Wildman–Crippen MR) is 74.6 cm³/mol. The first-order valence-corrected chi connectivity index (χ1v) is 6.17. The number of carbonyl (C=O) groups is 1. The summed E-state index contributed by atoms with van der Waals surface area (Å²) in [5.41, 5.74) is 0.164. The van der Waals surface area contributed by atoms with Gasteiger partial charge in [0, 0.05) is 11.6 Å². The molecule has 0 heterocycles. The molecule has 0 aliphatic rings. The summed E-state index contributed by atoms with van der Waals surface area (Å²) in [5, 5.41) is 8.49. The van der Waals surface area contributed by atoms with Gasteiger partial charge in [0.2, 0.25) is 0 Å². The number of rotatable bonds is 4. The van der Waals surface area contributed by atoms with Crippen LogP contribution in [0, 0.1) is 11.6 Å². The van der Waals surface area contributed by atoms with Gasteiger partial charge in [0.1, 0.15) is 11.6 Å². The Balaban J connectivity index is 2.39. The van der Waals surface area contributed by atoms with Crippen LogP contribution in [0.25, 0.3) is 6.08 Å². The number of halogens is 3. The molecular weight excluding hydrogens is 302 g/mol. The van der Waals surface area contributed by atoms with Gasteiger partial charge >= 0.3 is 5.97 Å². The van der Waals surface area contributed by atoms with Gasteiger partial charge < -0.3 is 9.84 Å². The van der Waals surface area contributed by atoms with E-state index >= 15 is 0 Å². The van der Waals surface area contributed by atoms with Gasteiger partial charge in [-0.05, 0) is 36.4 Å². The van der Waals surface area contributed by atoms with Gasteiger partial charge in [-0.1, -0.05) is 17.7 Å². The van der Waals surface area contributed by atoms with Gasteiger partial charge in [0.15, 0.2) is 11.6 Å². The molecule has 0 unspecified atom stereocenters. The average Bonchev–Trinajstić information content (AvgIpc) is 2.43. The molecule has 2 aromatic carbocycles. The van der Waals surface area contributed by atoms with E-state index in [1.54, 1.807) is 0 Å². The minimum absolute atomic E-state index is 0.107. The summed E-state index contributed by atoms with van der Waals surface area (Å²) in [4.78, 5) is 10.5. The topological polar surface area (TPSA) is 46.5 Å². The third-order valence-electron chi connectivity index (χ3n) is 2.51. The molecule has 0 aromatic heterocycles. The SMILES string of the molecule is O=C(O)/C=C/c1cc(F)ccc1Oc1cccc(Cl)c1F. The zero-order chi connectivity index (χ0) is 15.4. The van der Waals surface area contributed by atoms with Crippen LogP contribution in [0.5, 0.6) is 11.5 Å². The van der Waals surface area contributed by atoms with E-state index in [1.807, 2.05) is 0 Å². The molecule has 0 spiro atoms. The summed E-state index contributed by atoms with van der Waals surface area (Å²) in [5.74, 6) is -2.55. The van der Waals surface area contributed by atoms with Gasteiger partial charge in [-0.2, -0.15) is 0 Å². The Bertz CT molecular complexity index is 714. The van der Waals surface area contributed by atoms with Crippen LogP contribution < -0.4 is 4.74 Å². The number of hydrogen-bond donors (Lipinski definition) is 1. The van der Waals surface area contributed by atoms with Crippen LogP contribution in [0.2, 0.25) is 5.02 Å². The third-order valence-corrected chi connectivity index (χ3v) is 2.81. The molecule has 0 aliphatic heterocycles. The molecule has 21 heavy (non-hydrogen) atoms. The molecular formula is C15H9ClF2O3. The van der Waals surface area contributed by atoms with Crippen LogP contribution >= 0.6 is 11.6 Å². The largest absolute Gasteiger partial charge is 0.478 e. The van der Waals surface area contributed by atoms with Gasteiger partial charge in [-0.25, -0.2) is 13.6 Å². The van der Waals surface area contributed by atoms with Crippen molar-refractivity contribution in [2.75, 3.05) is 0 Å². The molecule has 2 rings (SSSR count). The molecule has 0 amide bonds. The van der Waals surface area contributed by atoms with Crippen LogP contribution in [0.4, 0.5) is 8.78 Å². The Labute approximate surface area is 124 Å². The van der Waals surface area contributed by atoms with Gasteiger partial charge in [0.25, 0.3) is 0 Å². The monoisotopic (exact) mass is 310 g/mol. The maximum Gasteiger partial charge on any atom is 0.328 e. The minimum Gasteiger partial charge on any atom is -0.478 e. The lowest BCUT2D eigenvalue weighted by molar-refractivity contribution is -0.131. The standard InChI is InChI=1S/C15H9ClF2O3/c16-11-2-1-3-13(15(11)18)21-12-6-5-10(17)8-9(12)4-7-14(19)20/h1-8H,(H,19,20)/b7-4+. The Kier molecular flexibility index (Phi) is 4.55. The first kappa shape index (κ1) is 15.0. The maximum absolute atomic E-state index is 13.8. The second-order valence-corrected chi connectivity index (χ2v) is 4.41. The van der Waals surface area contributed by atoms with Gasteiger partial charge in [-0.15, -0.1) is 0 Å². The summed E-state index contributed by atoms with van der Waals surface area (Å²) in [6.45, 7) is 0. The lowest BCUT2D eigenvalue weighted by Gasteiger charge is -2.10. The van der Waals surface area contributed by atoms with Crippen molar-refractivity contribution in [3.8, 4) is 11.5 Å². The summed E-state index contributed by atoms with van der Waals surface area (Å²) in [7, 11) is 0. The molecule has 0 aliphatic carbocycles. The van der Waals surface area contributed by atoms with Gasteiger partial charge in [-0.3, -0.25) is 0 Å². The summed E-state index contributed by atoms with van der Waals surface area (Å²) >= 11 is 5.64. The summed E-state index contributed by atoms with van der Waals surface area (Å²) < 4.78 is 32.3. The number of aliphatic carboxylic acids is 1. The van der Waals surface area contributed by atoms with E-state index in [2.05, 4.69) is 0 Å². The predicted octanol–water partition coefficient (Wildman–Crippen LogP) is 4.51. The first-order chi connectivity index (χ1) is 9.97. The van der Waals surface area contributed by atoms with E-state index in [4.69, 9.17) is 21.4 Å². The Morgan fingerprint density at radius 3 is 2.67 bits per heavy atom. The van der Waals surface area contributed by atoms with Crippen LogP contribution in [-0.2, 0) is 4.79 Å². The quantitative estimate of drug-likeness (QED) is 0.845. The first-order valence-electron chi connectivity index (χ1n) is 5.80. The van der Waals surface area contributed by atoms with E-state index in [-0.39, 0.29) is 22.1 Å². The highest BCUT2D eigenvalue weighted by Gasteiger charge is 2.11. The summed E-state index contributed by atoms with van der Waals surface area (Å²) in [6, 6.07) is 7.69. The fourth-order valence-corrected chi connectivity index (χ4v) is 1.75. The van der Waals surface area contributed by atoms with Crippen molar-refractivity contribution in [1.82, 2.24) is 0 Å². The van der Waals surface area contributed by atoms with Crippen molar-refractivity contribution >= 4 is 23.6 Å². The second kappa shape index (κ2) is 6.37. The number of ether oxygens (including phenoxy) is 1. The molecule has 6 heteroatoms. The molecule has 1 N–H and O–H groups in total. The smallest absolute Gasteiger partial charge is 0.328 e. The van der Waals surface area contributed by atoms with Crippen molar-refractivity contribution in [2.45, 2.75) is 0 Å². The Morgan fingerprint density at radius 2 is 1.95 bits per heavy atom. The highest BCUT2D eigenvalue weighted by molar-refractivity contribution is 6.30. The molecule has 0 saturated carbocycles. The van der Waals surface area contributed by atoms with Crippen molar-refractivity contribution in [2.24, 2.45) is 0 Å². The molecule has 0 atom stereocenters. The highest BCUT2D eigenvalue weighted by Crippen LogP contribution is 2.31. The molecule has 0 bridgehead atoms. The van der Waals surface area contributed by atoms with Crippen LogP contribution in [0.3, 0.4) is 0 Å². The molecule has 0 saturated heterocycles. The Hall–Kier alpha value is -2.40. The molecule has 2 aromatic rings. The van der Waals surface area contributed by atoms with E-state index in [1.165, 1.54) is 24.3 Å². The molecule has 0 radical (unpaired) electrons. The number of carboxylic acids is 1. The van der Waals surface area contributed by atoms with Gasteiger partial charge in [0.05, 0.1) is 5.02 Å². The number of hydrogen-bond acceptors (Lipinski definition) is 2. The van der Waals surface area contributed by atoms with E-state index < -0.39 is 17.6 Å². The van der Waals surface area contributed by atoms with Crippen molar-refractivity contribution in [3.63, 3.8) is 0 Å². The molecule has 108 valence electrons. The third kappa shape index (κ3) is 3.79. The molecule has 3 nitrogen and oxygen atoms in total. The van der Waals surface area contributed by atoms with Crippen LogP contribution in [-0.4, -0.2) is 11.1 Å². The zero-order valence-corrected chi connectivity index (χ0v) is 11.3.